The zero-order valence-electron chi connectivity index (χ0n) is 16.5. The molecule has 164 valence electrons. The highest BCUT2D eigenvalue weighted by Crippen LogP contribution is 2.34. The molecule has 1 aliphatic heterocycles. The van der Waals surface area contributed by atoms with E-state index in [1.54, 1.807) is 4.90 Å². The van der Waals surface area contributed by atoms with E-state index in [9.17, 15) is 22.4 Å². The quantitative estimate of drug-likeness (QED) is 0.567. The van der Waals surface area contributed by atoms with Gasteiger partial charge in [-0.3, -0.25) is 4.79 Å². The van der Waals surface area contributed by atoms with Gasteiger partial charge in [-0.25, -0.2) is 13.9 Å². The van der Waals surface area contributed by atoms with E-state index in [4.69, 9.17) is 11.6 Å². The summed E-state index contributed by atoms with van der Waals surface area (Å²) in [5.41, 5.74) is -1.01. The Morgan fingerprint density at radius 2 is 1.77 bits per heavy atom. The first-order valence-corrected chi connectivity index (χ1v) is 9.89. The van der Waals surface area contributed by atoms with Crippen molar-refractivity contribution in [2.24, 2.45) is 0 Å². The second-order valence-electron chi connectivity index (χ2n) is 7.39. The van der Waals surface area contributed by atoms with Crippen LogP contribution in [0.5, 0.6) is 0 Å². The molecule has 0 unspecified atom stereocenters. The molecule has 1 saturated heterocycles. The van der Waals surface area contributed by atoms with Crippen LogP contribution >= 0.6 is 11.6 Å². The molecule has 1 amide bonds. The van der Waals surface area contributed by atoms with Crippen LogP contribution in [-0.4, -0.2) is 63.5 Å². The molecule has 11 heteroatoms. The number of carbonyl (C=O) groups excluding carboxylic acids is 1. The maximum atomic E-state index is 13.7. The Labute approximate surface area is 180 Å². The molecule has 1 fully saturated rings. The van der Waals surface area contributed by atoms with E-state index in [1.165, 1.54) is 12.1 Å². The van der Waals surface area contributed by atoms with Gasteiger partial charge in [0.15, 0.2) is 11.3 Å². The van der Waals surface area contributed by atoms with Crippen molar-refractivity contribution < 1.29 is 22.4 Å². The predicted molar refractivity (Wildman–Crippen MR) is 106 cm³/mol. The van der Waals surface area contributed by atoms with Gasteiger partial charge < -0.3 is 9.80 Å². The van der Waals surface area contributed by atoms with E-state index in [2.05, 4.69) is 15.0 Å². The number of rotatable bonds is 3. The fourth-order valence-electron chi connectivity index (χ4n) is 3.43. The minimum atomic E-state index is -4.75. The number of hydrogen-bond acceptors (Lipinski definition) is 4. The zero-order chi connectivity index (χ0) is 22.3. The summed E-state index contributed by atoms with van der Waals surface area (Å²) < 4.78 is 55.0. The zero-order valence-corrected chi connectivity index (χ0v) is 17.2. The lowest BCUT2D eigenvalue weighted by molar-refractivity contribution is -0.142. The first kappa shape index (κ1) is 21.5. The standard InChI is InChI=1S/C20H18ClF4N5O/c1-28-6-8-29(9-7-28)17(31)11-15-18(21)19-26-14(12-2-4-13(22)5-3-12)10-16(20(23,24)25)30(19)27-15/h2-5,10H,6-9,11H2,1H3. The number of fused-ring (bicyclic) bond motifs is 1. The number of nitrogens with zero attached hydrogens (tertiary/aromatic N) is 5. The van der Waals surface area contributed by atoms with Gasteiger partial charge in [0, 0.05) is 31.7 Å². The lowest BCUT2D eigenvalue weighted by atomic mass is 10.1. The highest BCUT2D eigenvalue weighted by molar-refractivity contribution is 6.34. The molecule has 3 heterocycles. The number of carbonyl (C=O) groups is 1. The summed E-state index contributed by atoms with van der Waals surface area (Å²) in [7, 11) is 1.95. The van der Waals surface area contributed by atoms with Crippen LogP contribution in [-0.2, 0) is 17.4 Å². The molecule has 0 radical (unpaired) electrons. The summed E-state index contributed by atoms with van der Waals surface area (Å²) in [4.78, 5) is 20.6. The molecule has 0 bridgehead atoms. The minimum Gasteiger partial charge on any atom is -0.340 e. The summed E-state index contributed by atoms with van der Waals surface area (Å²) in [6.45, 7) is 2.49. The summed E-state index contributed by atoms with van der Waals surface area (Å²) in [6.07, 6.45) is -4.97. The summed E-state index contributed by atoms with van der Waals surface area (Å²) >= 11 is 6.32. The van der Waals surface area contributed by atoms with Crippen molar-refractivity contribution in [2.45, 2.75) is 12.6 Å². The lowest BCUT2D eigenvalue weighted by Gasteiger charge is -2.32. The van der Waals surface area contributed by atoms with Gasteiger partial charge in [0.25, 0.3) is 0 Å². The Bertz CT molecular complexity index is 1120. The summed E-state index contributed by atoms with van der Waals surface area (Å²) in [5.74, 6) is -0.779. The molecule has 4 rings (SSSR count). The van der Waals surface area contributed by atoms with Gasteiger partial charge in [-0.1, -0.05) is 11.6 Å². The number of piperazine rings is 1. The highest BCUT2D eigenvalue weighted by Gasteiger charge is 2.36. The van der Waals surface area contributed by atoms with Gasteiger partial charge in [0.05, 0.1) is 17.8 Å². The molecule has 0 atom stereocenters. The summed E-state index contributed by atoms with van der Waals surface area (Å²) in [6, 6.07) is 5.75. The Hall–Kier alpha value is -2.72. The van der Waals surface area contributed by atoms with Gasteiger partial charge >= 0.3 is 6.18 Å². The van der Waals surface area contributed by atoms with E-state index in [-0.39, 0.29) is 34.4 Å². The minimum absolute atomic E-state index is 0.0276. The average Bonchev–Trinajstić information content (AvgIpc) is 3.03. The number of hydrogen-bond donors (Lipinski definition) is 0. The van der Waals surface area contributed by atoms with Crippen molar-refractivity contribution in [2.75, 3.05) is 33.2 Å². The molecular formula is C20H18ClF4N5O. The largest absolute Gasteiger partial charge is 0.433 e. The number of likely N-dealkylation sites (N-methyl/N-ethyl adjacent to an activating group) is 1. The van der Waals surface area contributed by atoms with E-state index < -0.39 is 17.7 Å². The van der Waals surface area contributed by atoms with Crippen molar-refractivity contribution in [3.8, 4) is 11.3 Å². The normalized spacial score (nSPS) is 15.6. The van der Waals surface area contributed by atoms with E-state index in [1.807, 2.05) is 7.05 Å². The molecule has 3 aromatic rings. The Morgan fingerprint density at radius 3 is 2.39 bits per heavy atom. The van der Waals surface area contributed by atoms with Crippen LogP contribution in [0.1, 0.15) is 11.4 Å². The highest BCUT2D eigenvalue weighted by atomic mass is 35.5. The van der Waals surface area contributed by atoms with E-state index >= 15 is 0 Å². The molecule has 1 aliphatic rings. The van der Waals surface area contributed by atoms with E-state index in [0.29, 0.717) is 36.3 Å². The van der Waals surface area contributed by atoms with Gasteiger partial charge in [-0.05, 0) is 37.4 Å². The van der Waals surface area contributed by atoms with Gasteiger partial charge in [0.1, 0.15) is 10.8 Å². The van der Waals surface area contributed by atoms with Crippen molar-refractivity contribution >= 4 is 23.2 Å². The Balaban J connectivity index is 1.74. The predicted octanol–water partition coefficient (Wildman–Crippen LogP) is 3.52. The fraction of sp³-hybridized carbons (Fsp3) is 0.350. The molecule has 0 spiro atoms. The summed E-state index contributed by atoms with van der Waals surface area (Å²) in [5, 5.41) is 3.85. The van der Waals surface area contributed by atoms with Crippen LogP contribution in [0, 0.1) is 5.82 Å². The number of halogens is 5. The molecule has 0 saturated carbocycles. The lowest BCUT2D eigenvalue weighted by Crippen LogP contribution is -2.47. The molecule has 2 aromatic heterocycles. The number of benzene rings is 1. The van der Waals surface area contributed by atoms with Crippen molar-refractivity contribution in [3.05, 3.63) is 52.6 Å². The third-order valence-corrected chi connectivity index (χ3v) is 5.59. The smallest absolute Gasteiger partial charge is 0.340 e. The molecule has 1 aromatic carbocycles. The fourth-order valence-corrected chi connectivity index (χ4v) is 3.66. The Kier molecular flexibility index (Phi) is 5.61. The van der Waals surface area contributed by atoms with Gasteiger partial charge in [0.2, 0.25) is 5.91 Å². The third kappa shape index (κ3) is 4.35. The first-order chi connectivity index (χ1) is 14.6. The Morgan fingerprint density at radius 1 is 1.13 bits per heavy atom. The molecule has 0 aliphatic carbocycles. The second kappa shape index (κ2) is 8.08. The van der Waals surface area contributed by atoms with E-state index in [0.717, 1.165) is 18.2 Å². The number of alkyl halides is 3. The van der Waals surface area contributed by atoms with Crippen LogP contribution in [0.2, 0.25) is 5.02 Å². The molecule has 6 nitrogen and oxygen atoms in total. The molecule has 0 N–H and O–H groups in total. The second-order valence-corrected chi connectivity index (χ2v) is 7.77. The van der Waals surface area contributed by atoms with Crippen molar-refractivity contribution in [3.63, 3.8) is 0 Å². The molecular weight excluding hydrogens is 438 g/mol. The number of aromatic nitrogens is 3. The average molecular weight is 456 g/mol. The van der Waals surface area contributed by atoms with Crippen LogP contribution in [0.15, 0.2) is 30.3 Å². The SMILES string of the molecule is CN1CCN(C(=O)Cc2nn3c(C(F)(F)F)cc(-c4ccc(F)cc4)nc3c2Cl)CC1. The van der Waals surface area contributed by atoms with Crippen LogP contribution < -0.4 is 0 Å². The van der Waals surface area contributed by atoms with Crippen LogP contribution in [0.3, 0.4) is 0 Å². The van der Waals surface area contributed by atoms with Crippen LogP contribution in [0.25, 0.3) is 16.9 Å². The van der Waals surface area contributed by atoms with Crippen molar-refractivity contribution in [1.82, 2.24) is 24.4 Å². The third-order valence-electron chi connectivity index (χ3n) is 5.20. The maximum absolute atomic E-state index is 13.7. The topological polar surface area (TPSA) is 53.7 Å². The van der Waals surface area contributed by atoms with Gasteiger partial charge in [-0.15, -0.1) is 0 Å². The molecule has 31 heavy (non-hydrogen) atoms. The maximum Gasteiger partial charge on any atom is 0.433 e. The first-order valence-electron chi connectivity index (χ1n) is 9.51. The monoisotopic (exact) mass is 455 g/mol. The van der Waals surface area contributed by atoms with Crippen molar-refractivity contribution in [1.29, 1.82) is 0 Å². The van der Waals surface area contributed by atoms with Crippen LogP contribution in [0.4, 0.5) is 17.6 Å². The van der Waals surface area contributed by atoms with Gasteiger partial charge in [-0.2, -0.15) is 18.3 Å². The number of amides is 1.